The van der Waals surface area contributed by atoms with Crippen LogP contribution in [-0.2, 0) is 4.74 Å². The number of thiazole rings is 1. The number of nitrogen functional groups attached to an aromatic ring is 1. The molecule has 0 amide bonds. The number of H-pyrrole nitrogens is 1. The highest BCUT2D eigenvalue weighted by Gasteiger charge is 2.23. The molecule has 0 spiro atoms. The van der Waals surface area contributed by atoms with Crippen molar-refractivity contribution < 1.29 is 20.1 Å². The third-order valence-corrected chi connectivity index (χ3v) is 3.64. The normalized spacial score (nSPS) is 13.1. The summed E-state index contributed by atoms with van der Waals surface area (Å²) in [6, 6.07) is 0. The number of ether oxygens (including phenoxy) is 1. The van der Waals surface area contributed by atoms with Gasteiger partial charge in [0.05, 0.1) is 19.8 Å². The van der Waals surface area contributed by atoms with E-state index in [2.05, 4.69) is 9.97 Å². The number of aliphatic hydroxyl groups excluding tert-OH is 3. The lowest BCUT2D eigenvalue weighted by molar-refractivity contribution is -0.111. The van der Waals surface area contributed by atoms with E-state index in [-0.39, 0.29) is 16.3 Å². The molecule has 0 bridgehead atoms. The number of rotatable bonds is 6. The summed E-state index contributed by atoms with van der Waals surface area (Å²) in [5, 5.41) is 27.4. The van der Waals surface area contributed by atoms with Gasteiger partial charge in [0.2, 0.25) is 5.95 Å². The van der Waals surface area contributed by atoms with Crippen molar-refractivity contribution in [3.8, 4) is 0 Å². The zero-order valence-corrected chi connectivity index (χ0v) is 11.5. The van der Waals surface area contributed by atoms with E-state index in [1.54, 1.807) is 0 Å². The van der Waals surface area contributed by atoms with E-state index < -0.39 is 42.6 Å². The SMILES string of the molecule is Nc1nc2c(sc(=O)n2[C@@H](CO)OC(CO)CO)c(=O)[nH]1. The zero-order valence-electron chi connectivity index (χ0n) is 10.7. The minimum absolute atomic E-state index is 0.0278. The molecule has 2 aromatic rings. The summed E-state index contributed by atoms with van der Waals surface area (Å²) >= 11 is 0.630. The molecule has 6 N–H and O–H groups in total. The summed E-state index contributed by atoms with van der Waals surface area (Å²) in [4.78, 5) is 29.2. The quantitative estimate of drug-likeness (QED) is 0.393. The fourth-order valence-corrected chi connectivity index (χ4v) is 2.61. The van der Waals surface area contributed by atoms with Gasteiger partial charge in [0.15, 0.2) is 11.9 Å². The Balaban J connectivity index is 2.56. The van der Waals surface area contributed by atoms with Gasteiger partial charge in [-0.3, -0.25) is 19.1 Å². The minimum Gasteiger partial charge on any atom is -0.394 e. The van der Waals surface area contributed by atoms with Gasteiger partial charge in [-0.1, -0.05) is 11.3 Å². The molecule has 2 heterocycles. The number of fused-ring (bicyclic) bond motifs is 1. The summed E-state index contributed by atoms with van der Waals surface area (Å²) in [6.07, 6.45) is -2.19. The first kappa shape index (κ1) is 15.6. The molecule has 0 radical (unpaired) electrons. The number of nitrogens with zero attached hydrogens (tertiary/aromatic N) is 2. The molecule has 0 aliphatic rings. The maximum Gasteiger partial charge on any atom is 0.311 e. The Labute approximate surface area is 121 Å². The van der Waals surface area contributed by atoms with Gasteiger partial charge in [-0.05, 0) is 0 Å². The van der Waals surface area contributed by atoms with Crippen LogP contribution in [0.1, 0.15) is 6.23 Å². The molecular formula is C10H14N4O6S. The van der Waals surface area contributed by atoms with E-state index in [4.69, 9.17) is 20.7 Å². The Morgan fingerprint density at radius 1 is 1.29 bits per heavy atom. The van der Waals surface area contributed by atoms with E-state index in [0.717, 1.165) is 4.57 Å². The monoisotopic (exact) mass is 318 g/mol. The summed E-state index contributed by atoms with van der Waals surface area (Å²) in [5.41, 5.74) is 4.84. The topological polar surface area (TPSA) is 164 Å². The lowest BCUT2D eigenvalue weighted by Gasteiger charge is -2.21. The maximum absolute atomic E-state index is 12.0. The van der Waals surface area contributed by atoms with Crippen LogP contribution in [0.3, 0.4) is 0 Å². The van der Waals surface area contributed by atoms with Gasteiger partial charge < -0.3 is 25.8 Å². The van der Waals surface area contributed by atoms with Crippen LogP contribution in [0.4, 0.5) is 5.95 Å². The Bertz CT molecular complexity index is 733. The second-order valence-electron chi connectivity index (χ2n) is 4.10. The smallest absolute Gasteiger partial charge is 0.311 e. The standard InChI is InChI=1S/C10H14N4O6S/c11-9-12-7-6(8(18)13-9)21-10(19)14(7)5(3-17)20-4(1-15)2-16/h4-5,15-17H,1-3H2,(H3,11,12,13,18)/t5-/m1/s1. The Morgan fingerprint density at radius 3 is 2.52 bits per heavy atom. The Morgan fingerprint density at radius 2 is 1.95 bits per heavy atom. The van der Waals surface area contributed by atoms with Gasteiger partial charge in [-0.15, -0.1) is 0 Å². The van der Waals surface area contributed by atoms with Gasteiger partial charge >= 0.3 is 4.87 Å². The molecule has 11 heteroatoms. The van der Waals surface area contributed by atoms with Crippen LogP contribution in [0, 0.1) is 0 Å². The molecular weight excluding hydrogens is 304 g/mol. The molecule has 0 aromatic carbocycles. The van der Waals surface area contributed by atoms with Crippen molar-refractivity contribution in [3.63, 3.8) is 0 Å². The lowest BCUT2D eigenvalue weighted by atomic mass is 10.4. The second-order valence-corrected chi connectivity index (χ2v) is 5.06. The Kier molecular flexibility index (Phi) is 4.69. The lowest BCUT2D eigenvalue weighted by Crippen LogP contribution is -2.32. The van der Waals surface area contributed by atoms with Gasteiger partial charge in [0.1, 0.15) is 10.8 Å². The Hall–Kier alpha value is -1.79. The average Bonchev–Trinajstić information content (AvgIpc) is 2.78. The molecule has 21 heavy (non-hydrogen) atoms. The number of hydrogen-bond acceptors (Lipinski definition) is 9. The van der Waals surface area contributed by atoms with Crippen molar-refractivity contribution in [3.05, 3.63) is 20.0 Å². The van der Waals surface area contributed by atoms with Gasteiger partial charge in [-0.2, -0.15) is 4.98 Å². The molecule has 0 unspecified atom stereocenters. The molecule has 0 saturated heterocycles. The molecule has 0 saturated carbocycles. The zero-order chi connectivity index (χ0) is 15.6. The number of aliphatic hydroxyl groups is 3. The fraction of sp³-hybridized carbons (Fsp3) is 0.500. The van der Waals surface area contributed by atoms with E-state index in [1.165, 1.54) is 0 Å². The van der Waals surface area contributed by atoms with Crippen molar-refractivity contribution >= 4 is 27.6 Å². The van der Waals surface area contributed by atoms with Gasteiger partial charge in [0, 0.05) is 0 Å². The van der Waals surface area contributed by atoms with Crippen LogP contribution < -0.4 is 16.2 Å². The first-order valence-corrected chi connectivity index (χ1v) is 6.72. The summed E-state index contributed by atoms with van der Waals surface area (Å²) in [5.74, 6) is -0.184. The first-order chi connectivity index (χ1) is 10.0. The van der Waals surface area contributed by atoms with Gasteiger partial charge in [-0.25, -0.2) is 0 Å². The predicted molar refractivity (Wildman–Crippen MR) is 74.1 cm³/mol. The number of nitrogens with two attached hydrogens (primary N) is 1. The predicted octanol–water partition coefficient (Wildman–Crippen LogP) is -2.41. The van der Waals surface area contributed by atoms with E-state index in [0.29, 0.717) is 11.3 Å². The third kappa shape index (κ3) is 2.96. The number of aromatic nitrogens is 3. The molecule has 2 aromatic heterocycles. The van der Waals surface area contributed by atoms with Crippen LogP contribution in [0.25, 0.3) is 10.3 Å². The van der Waals surface area contributed by atoms with Crippen molar-refractivity contribution in [2.24, 2.45) is 0 Å². The highest BCUT2D eigenvalue weighted by atomic mass is 32.1. The van der Waals surface area contributed by atoms with Crippen molar-refractivity contribution in [2.45, 2.75) is 12.3 Å². The first-order valence-electron chi connectivity index (χ1n) is 5.90. The van der Waals surface area contributed by atoms with E-state index in [1.807, 2.05) is 0 Å². The summed E-state index contributed by atoms with van der Waals surface area (Å²) in [6.45, 7) is -1.61. The fourth-order valence-electron chi connectivity index (χ4n) is 1.75. The summed E-state index contributed by atoms with van der Waals surface area (Å²) < 4.78 is 6.24. The van der Waals surface area contributed by atoms with Crippen molar-refractivity contribution in [1.82, 2.24) is 14.5 Å². The van der Waals surface area contributed by atoms with Crippen LogP contribution in [0.5, 0.6) is 0 Å². The van der Waals surface area contributed by atoms with Crippen LogP contribution in [-0.4, -0.2) is 55.8 Å². The number of anilines is 1. The van der Waals surface area contributed by atoms with Crippen LogP contribution in [0.15, 0.2) is 9.59 Å². The maximum atomic E-state index is 12.0. The number of aromatic amines is 1. The van der Waals surface area contributed by atoms with Crippen LogP contribution >= 0.6 is 11.3 Å². The van der Waals surface area contributed by atoms with Crippen LogP contribution in [0.2, 0.25) is 0 Å². The molecule has 2 rings (SSSR count). The molecule has 0 aliphatic carbocycles. The molecule has 0 fully saturated rings. The largest absolute Gasteiger partial charge is 0.394 e. The highest BCUT2D eigenvalue weighted by Crippen LogP contribution is 2.18. The van der Waals surface area contributed by atoms with E-state index >= 15 is 0 Å². The number of hydrogen-bond donors (Lipinski definition) is 5. The minimum atomic E-state index is -1.20. The molecule has 116 valence electrons. The highest BCUT2D eigenvalue weighted by molar-refractivity contribution is 7.16. The third-order valence-electron chi connectivity index (χ3n) is 2.69. The van der Waals surface area contributed by atoms with Gasteiger partial charge in [0.25, 0.3) is 5.56 Å². The van der Waals surface area contributed by atoms with Crippen molar-refractivity contribution in [2.75, 3.05) is 25.6 Å². The van der Waals surface area contributed by atoms with E-state index in [9.17, 15) is 14.7 Å². The molecule has 0 aliphatic heterocycles. The second kappa shape index (κ2) is 6.32. The summed E-state index contributed by atoms with van der Waals surface area (Å²) in [7, 11) is 0. The molecule has 1 atom stereocenters. The molecule has 10 nitrogen and oxygen atoms in total. The number of nitrogens with one attached hydrogen (secondary N) is 1. The average molecular weight is 318 g/mol. The van der Waals surface area contributed by atoms with Crippen molar-refractivity contribution in [1.29, 1.82) is 0 Å².